The summed E-state index contributed by atoms with van der Waals surface area (Å²) in [4.78, 5) is 0. The molecule has 0 saturated heterocycles. The van der Waals surface area contributed by atoms with Crippen LogP contribution in [0.25, 0.3) is 0 Å². The van der Waals surface area contributed by atoms with Gasteiger partial charge in [0.2, 0.25) is 6.79 Å². The topological polar surface area (TPSA) is 38.7 Å². The second-order valence-electron chi connectivity index (χ2n) is 4.28. The van der Waals surface area contributed by atoms with Crippen molar-refractivity contribution in [3.63, 3.8) is 0 Å². The maximum atomic E-state index is 13.7. The lowest BCUT2D eigenvalue weighted by molar-refractivity contribution is 0.173. The molecule has 1 heterocycles. The minimum atomic E-state index is -1.35. The molecule has 2 aromatic carbocycles. The van der Waals surface area contributed by atoms with Crippen molar-refractivity contribution >= 4 is 11.6 Å². The number of hydrogen-bond acceptors (Lipinski definition) is 3. The van der Waals surface area contributed by atoms with Crippen LogP contribution in [0.2, 0.25) is 5.02 Å². The largest absolute Gasteiger partial charge is 0.454 e. The fourth-order valence-electron chi connectivity index (χ4n) is 2.06. The fraction of sp³-hybridized carbons (Fsp3) is 0.143. The molecule has 3 rings (SSSR count). The highest BCUT2D eigenvalue weighted by molar-refractivity contribution is 6.32. The van der Waals surface area contributed by atoms with Gasteiger partial charge in [0.25, 0.3) is 0 Å². The van der Waals surface area contributed by atoms with E-state index in [0.29, 0.717) is 17.1 Å². The summed E-state index contributed by atoms with van der Waals surface area (Å²) in [7, 11) is 0. The maximum Gasteiger partial charge on any atom is 0.231 e. The third-order valence-corrected chi connectivity index (χ3v) is 3.32. The van der Waals surface area contributed by atoms with Crippen LogP contribution >= 0.6 is 11.6 Å². The number of fused-ring (bicyclic) bond motifs is 1. The molecule has 0 aliphatic carbocycles. The number of benzene rings is 2. The van der Waals surface area contributed by atoms with Gasteiger partial charge in [-0.15, -0.1) is 0 Å². The molecule has 20 heavy (non-hydrogen) atoms. The summed E-state index contributed by atoms with van der Waals surface area (Å²) in [6, 6.07) is 6.54. The highest BCUT2D eigenvalue weighted by Gasteiger charge is 2.23. The highest BCUT2D eigenvalue weighted by Crippen LogP contribution is 2.42. The smallest absolute Gasteiger partial charge is 0.231 e. The fourth-order valence-corrected chi connectivity index (χ4v) is 2.33. The van der Waals surface area contributed by atoms with Crippen molar-refractivity contribution in [1.29, 1.82) is 0 Å². The van der Waals surface area contributed by atoms with Crippen LogP contribution in [0.5, 0.6) is 11.5 Å². The van der Waals surface area contributed by atoms with Crippen molar-refractivity contribution in [3.8, 4) is 11.5 Å². The minimum Gasteiger partial charge on any atom is -0.454 e. The van der Waals surface area contributed by atoms with E-state index in [9.17, 15) is 13.9 Å². The maximum absolute atomic E-state index is 13.7. The molecule has 1 unspecified atom stereocenters. The quantitative estimate of drug-likeness (QED) is 0.923. The molecule has 2 aromatic rings. The van der Waals surface area contributed by atoms with Gasteiger partial charge in [0, 0.05) is 5.56 Å². The SMILES string of the molecule is OC(c1cc(Cl)c2c(c1)OCO2)c1cccc(F)c1F. The highest BCUT2D eigenvalue weighted by atomic mass is 35.5. The summed E-state index contributed by atoms with van der Waals surface area (Å²) in [6.07, 6.45) is -1.35. The standard InChI is InChI=1S/C14H9ClF2O3/c15-9-4-7(5-11-14(9)20-6-19-11)13(18)8-2-1-3-10(16)12(8)17/h1-5,13,18H,6H2. The van der Waals surface area contributed by atoms with Crippen LogP contribution < -0.4 is 9.47 Å². The number of aliphatic hydroxyl groups is 1. The van der Waals surface area contributed by atoms with E-state index in [2.05, 4.69) is 0 Å². The Labute approximate surface area is 118 Å². The lowest BCUT2D eigenvalue weighted by atomic mass is 10.0. The van der Waals surface area contributed by atoms with Crippen LogP contribution in [0.1, 0.15) is 17.2 Å². The number of aliphatic hydroxyl groups excluding tert-OH is 1. The average Bonchev–Trinajstić information content (AvgIpc) is 2.90. The minimum absolute atomic E-state index is 0.0307. The predicted molar refractivity (Wildman–Crippen MR) is 68.0 cm³/mol. The van der Waals surface area contributed by atoms with Gasteiger partial charge in [0.1, 0.15) is 6.10 Å². The molecule has 0 fully saturated rings. The Morgan fingerprint density at radius 2 is 2.00 bits per heavy atom. The van der Waals surface area contributed by atoms with Gasteiger partial charge in [-0.25, -0.2) is 8.78 Å². The summed E-state index contributed by atoms with van der Waals surface area (Å²) < 4.78 is 37.2. The molecule has 0 radical (unpaired) electrons. The summed E-state index contributed by atoms with van der Waals surface area (Å²) in [5.41, 5.74) is 0.128. The molecule has 0 saturated carbocycles. The number of ether oxygens (including phenoxy) is 2. The van der Waals surface area contributed by atoms with Crippen molar-refractivity contribution in [2.45, 2.75) is 6.10 Å². The first-order valence-corrected chi connectivity index (χ1v) is 6.16. The van der Waals surface area contributed by atoms with Crippen molar-refractivity contribution in [1.82, 2.24) is 0 Å². The Morgan fingerprint density at radius 1 is 1.20 bits per heavy atom. The van der Waals surface area contributed by atoms with E-state index in [-0.39, 0.29) is 17.4 Å². The first-order valence-electron chi connectivity index (χ1n) is 5.79. The Hall–Kier alpha value is -1.85. The Balaban J connectivity index is 2.05. The van der Waals surface area contributed by atoms with Crippen LogP contribution in [0.4, 0.5) is 8.78 Å². The average molecular weight is 299 g/mol. The molecule has 0 aromatic heterocycles. The molecule has 0 bridgehead atoms. The summed E-state index contributed by atoms with van der Waals surface area (Å²) in [5, 5.41) is 10.4. The first-order chi connectivity index (χ1) is 9.58. The van der Waals surface area contributed by atoms with Gasteiger partial charge >= 0.3 is 0 Å². The van der Waals surface area contributed by atoms with Crippen molar-refractivity contribution in [2.24, 2.45) is 0 Å². The zero-order valence-electron chi connectivity index (χ0n) is 10.1. The predicted octanol–water partition coefficient (Wildman–Crippen LogP) is 3.43. The van der Waals surface area contributed by atoms with E-state index in [1.165, 1.54) is 24.3 Å². The molecule has 1 aliphatic heterocycles. The van der Waals surface area contributed by atoms with E-state index in [0.717, 1.165) is 6.07 Å². The van der Waals surface area contributed by atoms with Gasteiger partial charge in [-0.3, -0.25) is 0 Å². The zero-order chi connectivity index (χ0) is 14.3. The number of rotatable bonds is 2. The molecule has 3 nitrogen and oxygen atoms in total. The normalized spacial score (nSPS) is 14.4. The van der Waals surface area contributed by atoms with Crippen LogP contribution in [0.15, 0.2) is 30.3 Å². The third-order valence-electron chi connectivity index (χ3n) is 3.04. The van der Waals surface area contributed by atoms with Crippen LogP contribution in [0, 0.1) is 11.6 Å². The van der Waals surface area contributed by atoms with E-state index in [1.807, 2.05) is 0 Å². The summed E-state index contributed by atoms with van der Waals surface area (Å²) >= 11 is 5.99. The first kappa shape index (κ1) is 13.1. The molecule has 1 atom stereocenters. The Kier molecular flexibility index (Phi) is 3.23. The second-order valence-corrected chi connectivity index (χ2v) is 4.69. The van der Waals surface area contributed by atoms with Crippen LogP contribution in [0.3, 0.4) is 0 Å². The number of halogens is 3. The van der Waals surface area contributed by atoms with E-state index in [4.69, 9.17) is 21.1 Å². The van der Waals surface area contributed by atoms with Gasteiger partial charge in [0.05, 0.1) is 5.02 Å². The third kappa shape index (κ3) is 2.09. The van der Waals surface area contributed by atoms with E-state index >= 15 is 0 Å². The lowest BCUT2D eigenvalue weighted by Crippen LogP contribution is -2.04. The van der Waals surface area contributed by atoms with Crippen LogP contribution in [-0.2, 0) is 0 Å². The second kappa shape index (κ2) is 4.92. The van der Waals surface area contributed by atoms with Gasteiger partial charge in [0.15, 0.2) is 23.1 Å². The Bertz CT molecular complexity index is 676. The Morgan fingerprint density at radius 3 is 2.80 bits per heavy atom. The van der Waals surface area contributed by atoms with Gasteiger partial charge in [-0.1, -0.05) is 23.7 Å². The summed E-state index contributed by atoms with van der Waals surface area (Å²) in [6.45, 7) is 0.0307. The molecular weight excluding hydrogens is 290 g/mol. The van der Waals surface area contributed by atoms with Gasteiger partial charge in [-0.2, -0.15) is 0 Å². The van der Waals surface area contributed by atoms with Crippen molar-refractivity contribution in [2.75, 3.05) is 6.79 Å². The monoisotopic (exact) mass is 298 g/mol. The lowest BCUT2D eigenvalue weighted by Gasteiger charge is -2.14. The molecule has 1 N–H and O–H groups in total. The molecule has 0 spiro atoms. The molecule has 0 amide bonds. The van der Waals surface area contributed by atoms with Gasteiger partial charge in [-0.05, 0) is 23.8 Å². The molecule has 1 aliphatic rings. The van der Waals surface area contributed by atoms with Crippen molar-refractivity contribution < 1.29 is 23.4 Å². The molecular formula is C14H9ClF2O3. The molecule has 104 valence electrons. The van der Waals surface area contributed by atoms with Gasteiger partial charge < -0.3 is 14.6 Å². The summed E-state index contributed by atoms with van der Waals surface area (Å²) in [5.74, 6) is -1.37. The van der Waals surface area contributed by atoms with Crippen LogP contribution in [-0.4, -0.2) is 11.9 Å². The van der Waals surface area contributed by atoms with E-state index < -0.39 is 17.7 Å². The molecule has 6 heteroatoms. The number of hydrogen-bond donors (Lipinski definition) is 1. The van der Waals surface area contributed by atoms with Crippen molar-refractivity contribution in [3.05, 3.63) is 58.1 Å². The van der Waals surface area contributed by atoms with E-state index in [1.54, 1.807) is 0 Å². The zero-order valence-corrected chi connectivity index (χ0v) is 10.8.